The molecule has 5 nitrogen and oxygen atoms in total. The average Bonchev–Trinajstić information content (AvgIpc) is 2.65. The van der Waals surface area contributed by atoms with Crippen LogP contribution in [0.25, 0.3) is 0 Å². The quantitative estimate of drug-likeness (QED) is 0.764. The van der Waals surface area contributed by atoms with Crippen LogP contribution in [0.3, 0.4) is 0 Å². The molecule has 5 heteroatoms. The van der Waals surface area contributed by atoms with E-state index in [-0.39, 0.29) is 0 Å². The summed E-state index contributed by atoms with van der Waals surface area (Å²) in [6, 6.07) is 5.67. The van der Waals surface area contributed by atoms with Gasteiger partial charge in [-0.3, -0.25) is 9.48 Å². The molecule has 0 aromatic carbocycles. The first-order valence-corrected chi connectivity index (χ1v) is 5.50. The summed E-state index contributed by atoms with van der Waals surface area (Å²) < 4.78 is 1.72. The third-order valence-electron chi connectivity index (χ3n) is 2.87. The highest BCUT2D eigenvalue weighted by Gasteiger charge is 2.12. The molecule has 0 fully saturated rings. The van der Waals surface area contributed by atoms with Gasteiger partial charge in [-0.2, -0.15) is 10.4 Å². The van der Waals surface area contributed by atoms with E-state index in [1.165, 1.54) is 0 Å². The second-order valence-corrected chi connectivity index (χ2v) is 3.98. The fraction of sp³-hybridized carbons (Fsp3) is 0.231. The number of pyridine rings is 1. The van der Waals surface area contributed by atoms with Gasteiger partial charge in [-0.25, -0.2) is 4.98 Å². The summed E-state index contributed by atoms with van der Waals surface area (Å²) in [5.41, 5.74) is 3.29. The summed E-state index contributed by atoms with van der Waals surface area (Å²) in [6.45, 7) is 4.07. The summed E-state index contributed by atoms with van der Waals surface area (Å²) in [4.78, 5) is 14.9. The van der Waals surface area contributed by atoms with Gasteiger partial charge in [-0.05, 0) is 19.9 Å². The Labute approximate surface area is 105 Å². The molecule has 0 amide bonds. The molecule has 0 saturated carbocycles. The van der Waals surface area contributed by atoms with E-state index in [1.807, 2.05) is 19.1 Å². The van der Waals surface area contributed by atoms with Crippen molar-refractivity contribution in [2.75, 3.05) is 0 Å². The fourth-order valence-corrected chi connectivity index (χ4v) is 1.86. The van der Waals surface area contributed by atoms with Crippen molar-refractivity contribution in [1.82, 2.24) is 14.8 Å². The number of carbonyl (C=O) groups excluding carboxylic acids is 1. The molecule has 18 heavy (non-hydrogen) atoms. The first kappa shape index (κ1) is 12.0. The summed E-state index contributed by atoms with van der Waals surface area (Å²) in [5, 5.41) is 13.3. The molecular formula is C13H12N4O. The molecule has 0 bridgehead atoms. The van der Waals surface area contributed by atoms with Crippen LogP contribution >= 0.6 is 0 Å². The number of hydrogen-bond donors (Lipinski definition) is 0. The van der Waals surface area contributed by atoms with Crippen LogP contribution in [0.2, 0.25) is 0 Å². The highest BCUT2D eigenvalue weighted by Crippen LogP contribution is 2.13. The molecule has 90 valence electrons. The maximum atomic E-state index is 10.9. The lowest BCUT2D eigenvalue weighted by atomic mass is 10.2. The molecule has 2 rings (SSSR count). The normalized spacial score (nSPS) is 10.1. The Bertz CT molecular complexity index is 637. The van der Waals surface area contributed by atoms with Crippen LogP contribution in [-0.2, 0) is 6.54 Å². The molecule has 2 heterocycles. The Hall–Kier alpha value is -2.48. The molecule has 0 spiro atoms. The Kier molecular flexibility index (Phi) is 3.20. The first-order chi connectivity index (χ1) is 8.67. The van der Waals surface area contributed by atoms with Gasteiger partial charge < -0.3 is 0 Å². The van der Waals surface area contributed by atoms with Gasteiger partial charge in [-0.1, -0.05) is 6.07 Å². The largest absolute Gasteiger partial charge is 0.298 e. The Balaban J connectivity index is 2.41. The molecule has 0 unspecified atom stereocenters. The van der Waals surface area contributed by atoms with Crippen molar-refractivity contribution in [2.24, 2.45) is 0 Å². The standard InChI is InChI=1S/C13H12N4O/c1-9-12(8-18)10(2)17(16-9)7-11-4-3-5-15-13(11)6-14/h3-5,8H,7H2,1-2H3. The number of nitriles is 1. The van der Waals surface area contributed by atoms with Crippen molar-refractivity contribution in [3.63, 3.8) is 0 Å². The third kappa shape index (κ3) is 2.00. The molecule has 0 N–H and O–H groups in total. The smallest absolute Gasteiger partial charge is 0.153 e. The molecule has 0 aliphatic heterocycles. The lowest BCUT2D eigenvalue weighted by molar-refractivity contribution is 0.112. The minimum absolute atomic E-state index is 0.387. The van der Waals surface area contributed by atoms with Crippen LogP contribution < -0.4 is 0 Å². The highest BCUT2D eigenvalue weighted by molar-refractivity contribution is 5.78. The van der Waals surface area contributed by atoms with Gasteiger partial charge in [0, 0.05) is 17.5 Å². The van der Waals surface area contributed by atoms with Gasteiger partial charge in [0.1, 0.15) is 11.8 Å². The zero-order valence-corrected chi connectivity index (χ0v) is 10.2. The molecule has 0 saturated heterocycles. The number of nitrogens with zero attached hydrogens (tertiary/aromatic N) is 4. The maximum absolute atomic E-state index is 10.9. The Morgan fingerprint density at radius 2 is 2.28 bits per heavy atom. The number of aryl methyl sites for hydroxylation is 1. The van der Waals surface area contributed by atoms with Gasteiger partial charge in [-0.15, -0.1) is 0 Å². The number of aromatic nitrogens is 3. The van der Waals surface area contributed by atoms with Gasteiger partial charge >= 0.3 is 0 Å². The fourth-order valence-electron chi connectivity index (χ4n) is 1.86. The van der Waals surface area contributed by atoms with E-state index in [0.717, 1.165) is 17.5 Å². The average molecular weight is 240 g/mol. The van der Waals surface area contributed by atoms with Crippen molar-refractivity contribution >= 4 is 6.29 Å². The van der Waals surface area contributed by atoms with Crippen molar-refractivity contribution in [3.05, 3.63) is 46.5 Å². The maximum Gasteiger partial charge on any atom is 0.153 e. The highest BCUT2D eigenvalue weighted by atomic mass is 16.1. The minimum atomic E-state index is 0.387. The second kappa shape index (κ2) is 4.80. The van der Waals surface area contributed by atoms with Gasteiger partial charge in [0.05, 0.1) is 17.8 Å². The monoisotopic (exact) mass is 240 g/mol. The third-order valence-corrected chi connectivity index (χ3v) is 2.87. The number of rotatable bonds is 3. The van der Waals surface area contributed by atoms with E-state index in [2.05, 4.69) is 10.1 Å². The molecule has 0 atom stereocenters. The van der Waals surface area contributed by atoms with E-state index in [4.69, 9.17) is 5.26 Å². The van der Waals surface area contributed by atoms with Gasteiger partial charge in [0.15, 0.2) is 6.29 Å². The summed E-state index contributed by atoms with van der Waals surface area (Å²) in [7, 11) is 0. The molecule has 0 radical (unpaired) electrons. The van der Waals surface area contributed by atoms with Crippen molar-refractivity contribution < 1.29 is 4.79 Å². The van der Waals surface area contributed by atoms with Gasteiger partial charge in [0.25, 0.3) is 0 Å². The van der Waals surface area contributed by atoms with Crippen LogP contribution in [0.15, 0.2) is 18.3 Å². The van der Waals surface area contributed by atoms with Crippen molar-refractivity contribution in [3.8, 4) is 6.07 Å². The first-order valence-electron chi connectivity index (χ1n) is 5.50. The topological polar surface area (TPSA) is 71.6 Å². The van der Waals surface area contributed by atoms with Crippen molar-refractivity contribution in [1.29, 1.82) is 5.26 Å². The minimum Gasteiger partial charge on any atom is -0.298 e. The predicted molar refractivity (Wildman–Crippen MR) is 65.1 cm³/mol. The van der Waals surface area contributed by atoms with Crippen LogP contribution in [-0.4, -0.2) is 21.1 Å². The van der Waals surface area contributed by atoms with Crippen LogP contribution in [0.1, 0.15) is 33.0 Å². The Morgan fingerprint density at radius 1 is 1.50 bits per heavy atom. The number of hydrogen-bond acceptors (Lipinski definition) is 4. The summed E-state index contributed by atoms with van der Waals surface area (Å²) in [5.74, 6) is 0. The van der Waals surface area contributed by atoms with E-state index >= 15 is 0 Å². The summed E-state index contributed by atoms with van der Waals surface area (Å²) >= 11 is 0. The molecule has 0 aliphatic carbocycles. The summed E-state index contributed by atoms with van der Waals surface area (Å²) in [6.07, 6.45) is 2.39. The second-order valence-electron chi connectivity index (χ2n) is 3.98. The van der Waals surface area contributed by atoms with E-state index < -0.39 is 0 Å². The van der Waals surface area contributed by atoms with Crippen LogP contribution in [0, 0.1) is 25.2 Å². The Morgan fingerprint density at radius 3 is 2.89 bits per heavy atom. The molecule has 0 aliphatic rings. The number of carbonyl (C=O) groups is 1. The van der Waals surface area contributed by atoms with Crippen LogP contribution in [0.4, 0.5) is 0 Å². The molecule has 2 aromatic heterocycles. The lowest BCUT2D eigenvalue weighted by Gasteiger charge is -2.05. The van der Waals surface area contributed by atoms with E-state index in [0.29, 0.717) is 23.5 Å². The zero-order valence-electron chi connectivity index (χ0n) is 10.2. The molecular weight excluding hydrogens is 228 g/mol. The molecule has 2 aromatic rings. The van der Waals surface area contributed by atoms with E-state index in [1.54, 1.807) is 23.9 Å². The van der Waals surface area contributed by atoms with Crippen molar-refractivity contribution in [2.45, 2.75) is 20.4 Å². The SMILES string of the molecule is Cc1nn(Cc2cccnc2C#N)c(C)c1C=O. The zero-order chi connectivity index (χ0) is 13.1. The predicted octanol–water partition coefficient (Wildman–Crippen LogP) is 1.63. The van der Waals surface area contributed by atoms with Crippen LogP contribution in [0.5, 0.6) is 0 Å². The number of aldehydes is 1. The van der Waals surface area contributed by atoms with E-state index in [9.17, 15) is 4.79 Å². The lowest BCUT2D eigenvalue weighted by Crippen LogP contribution is -2.06. The van der Waals surface area contributed by atoms with Gasteiger partial charge in [0.2, 0.25) is 0 Å².